The second-order valence-corrected chi connectivity index (χ2v) is 4.84. The van der Waals surface area contributed by atoms with Gasteiger partial charge >= 0.3 is 0 Å². The van der Waals surface area contributed by atoms with Crippen molar-refractivity contribution in [3.8, 4) is 0 Å². The summed E-state index contributed by atoms with van der Waals surface area (Å²) in [5, 5.41) is 6.92. The lowest BCUT2D eigenvalue weighted by Gasteiger charge is -2.27. The molecule has 0 bridgehead atoms. The highest BCUT2D eigenvalue weighted by molar-refractivity contribution is 4.93. The molecule has 0 amide bonds. The first-order chi connectivity index (χ1) is 6.35. The van der Waals surface area contributed by atoms with Gasteiger partial charge in [0.05, 0.1) is 0 Å². The Morgan fingerprint density at radius 2 is 2.15 bits per heavy atom. The van der Waals surface area contributed by atoms with E-state index in [0.29, 0.717) is 0 Å². The number of hydrogen-bond donors (Lipinski definition) is 2. The van der Waals surface area contributed by atoms with Crippen molar-refractivity contribution >= 4 is 0 Å². The Kier molecular flexibility index (Phi) is 2.89. The van der Waals surface area contributed by atoms with E-state index in [4.69, 9.17) is 0 Å². The predicted molar refractivity (Wildman–Crippen MR) is 55.8 cm³/mol. The summed E-state index contributed by atoms with van der Waals surface area (Å²) in [6.07, 6.45) is 5.65. The molecule has 0 radical (unpaired) electrons. The molecular formula is C11H22N2. The summed E-state index contributed by atoms with van der Waals surface area (Å²) in [5.74, 6) is 0.962. The lowest BCUT2D eigenvalue weighted by Crippen LogP contribution is -2.43. The standard InChI is InChI=1S/C11H22N2/c1-2-11(4-5-11)9-12-6-3-10-7-13-8-10/h10,12-13H,2-9H2,1H3. The van der Waals surface area contributed by atoms with Gasteiger partial charge in [0.2, 0.25) is 0 Å². The minimum absolute atomic E-state index is 0.720. The highest BCUT2D eigenvalue weighted by Crippen LogP contribution is 2.47. The van der Waals surface area contributed by atoms with Crippen molar-refractivity contribution in [3.05, 3.63) is 0 Å². The van der Waals surface area contributed by atoms with Crippen LogP contribution in [0, 0.1) is 11.3 Å². The largest absolute Gasteiger partial charge is 0.316 e. The molecule has 1 saturated carbocycles. The van der Waals surface area contributed by atoms with E-state index in [1.54, 1.807) is 0 Å². The summed E-state index contributed by atoms with van der Waals surface area (Å²) >= 11 is 0. The summed E-state index contributed by atoms with van der Waals surface area (Å²) in [7, 11) is 0. The van der Waals surface area contributed by atoms with Gasteiger partial charge in [0, 0.05) is 6.54 Å². The SMILES string of the molecule is CCC1(CNCCC2CNC2)CC1. The normalized spacial score (nSPS) is 25.6. The minimum Gasteiger partial charge on any atom is -0.316 e. The van der Waals surface area contributed by atoms with Gasteiger partial charge in [-0.2, -0.15) is 0 Å². The van der Waals surface area contributed by atoms with Crippen LogP contribution in [0.15, 0.2) is 0 Å². The van der Waals surface area contributed by atoms with E-state index in [1.807, 2.05) is 0 Å². The smallest absolute Gasteiger partial charge is 0.000771 e. The zero-order valence-corrected chi connectivity index (χ0v) is 8.73. The molecule has 1 aliphatic carbocycles. The molecule has 2 aliphatic rings. The molecule has 1 heterocycles. The van der Waals surface area contributed by atoms with Crippen molar-refractivity contribution in [2.45, 2.75) is 32.6 Å². The van der Waals surface area contributed by atoms with Crippen LogP contribution in [0.5, 0.6) is 0 Å². The lowest BCUT2D eigenvalue weighted by molar-refractivity contribution is 0.316. The molecular weight excluding hydrogens is 160 g/mol. The Bertz CT molecular complexity index is 159. The summed E-state index contributed by atoms with van der Waals surface area (Å²) in [4.78, 5) is 0. The lowest BCUT2D eigenvalue weighted by atomic mass is 9.99. The molecule has 2 heteroatoms. The molecule has 1 saturated heterocycles. The van der Waals surface area contributed by atoms with Gasteiger partial charge in [-0.15, -0.1) is 0 Å². The Morgan fingerprint density at radius 1 is 1.38 bits per heavy atom. The third-order valence-electron chi connectivity index (χ3n) is 3.80. The van der Waals surface area contributed by atoms with Crippen molar-refractivity contribution in [1.29, 1.82) is 0 Å². The molecule has 2 N–H and O–H groups in total. The maximum Gasteiger partial charge on any atom is 0.000771 e. The summed E-state index contributed by atoms with van der Waals surface area (Å²) < 4.78 is 0. The van der Waals surface area contributed by atoms with E-state index in [-0.39, 0.29) is 0 Å². The molecule has 2 rings (SSSR count). The predicted octanol–water partition coefficient (Wildman–Crippen LogP) is 1.38. The van der Waals surface area contributed by atoms with E-state index in [9.17, 15) is 0 Å². The van der Waals surface area contributed by atoms with Crippen LogP contribution in [0.4, 0.5) is 0 Å². The maximum absolute atomic E-state index is 3.61. The Hall–Kier alpha value is -0.0800. The van der Waals surface area contributed by atoms with Gasteiger partial charge in [-0.1, -0.05) is 6.92 Å². The van der Waals surface area contributed by atoms with Gasteiger partial charge in [-0.25, -0.2) is 0 Å². The van der Waals surface area contributed by atoms with Crippen LogP contribution in [0.3, 0.4) is 0 Å². The fourth-order valence-corrected chi connectivity index (χ4v) is 2.04. The van der Waals surface area contributed by atoms with Crippen LogP contribution >= 0.6 is 0 Å². The molecule has 76 valence electrons. The van der Waals surface area contributed by atoms with E-state index >= 15 is 0 Å². The van der Waals surface area contributed by atoms with Crippen LogP contribution in [-0.4, -0.2) is 26.2 Å². The molecule has 0 aromatic heterocycles. The topological polar surface area (TPSA) is 24.1 Å². The molecule has 0 unspecified atom stereocenters. The molecule has 0 atom stereocenters. The zero-order valence-electron chi connectivity index (χ0n) is 8.73. The molecule has 13 heavy (non-hydrogen) atoms. The number of rotatable bonds is 6. The number of hydrogen-bond acceptors (Lipinski definition) is 2. The molecule has 0 spiro atoms. The zero-order chi connectivity index (χ0) is 9.15. The highest BCUT2D eigenvalue weighted by Gasteiger charge is 2.39. The molecule has 2 nitrogen and oxygen atoms in total. The third kappa shape index (κ3) is 2.44. The van der Waals surface area contributed by atoms with E-state index in [0.717, 1.165) is 11.3 Å². The van der Waals surface area contributed by atoms with Crippen molar-refractivity contribution in [3.63, 3.8) is 0 Å². The average Bonchev–Trinajstić information content (AvgIpc) is 2.82. The Balaban J connectivity index is 1.49. The minimum atomic E-state index is 0.720. The second-order valence-electron chi connectivity index (χ2n) is 4.84. The van der Waals surface area contributed by atoms with E-state index in [1.165, 1.54) is 51.9 Å². The van der Waals surface area contributed by atoms with Crippen molar-refractivity contribution in [2.75, 3.05) is 26.2 Å². The van der Waals surface area contributed by atoms with E-state index < -0.39 is 0 Å². The summed E-state index contributed by atoms with van der Waals surface area (Å²) in [6.45, 7) is 7.32. The molecule has 2 fully saturated rings. The Morgan fingerprint density at radius 3 is 2.62 bits per heavy atom. The van der Waals surface area contributed by atoms with Crippen LogP contribution in [0.25, 0.3) is 0 Å². The van der Waals surface area contributed by atoms with Gasteiger partial charge in [-0.05, 0) is 56.7 Å². The second kappa shape index (κ2) is 3.97. The van der Waals surface area contributed by atoms with Crippen molar-refractivity contribution in [1.82, 2.24) is 10.6 Å². The van der Waals surface area contributed by atoms with Gasteiger partial charge in [0.1, 0.15) is 0 Å². The van der Waals surface area contributed by atoms with Crippen molar-refractivity contribution in [2.24, 2.45) is 11.3 Å². The number of nitrogens with one attached hydrogen (secondary N) is 2. The van der Waals surface area contributed by atoms with Gasteiger partial charge in [0.25, 0.3) is 0 Å². The first kappa shape index (κ1) is 9.47. The maximum atomic E-state index is 3.61. The fourth-order valence-electron chi connectivity index (χ4n) is 2.04. The average molecular weight is 182 g/mol. The molecule has 0 aromatic rings. The van der Waals surface area contributed by atoms with Gasteiger partial charge < -0.3 is 10.6 Å². The molecule has 1 aliphatic heterocycles. The summed E-state index contributed by atoms with van der Waals surface area (Å²) in [6, 6.07) is 0. The van der Waals surface area contributed by atoms with Crippen LogP contribution in [0.1, 0.15) is 32.6 Å². The Labute approximate surface area is 81.5 Å². The fraction of sp³-hybridized carbons (Fsp3) is 1.00. The summed E-state index contributed by atoms with van der Waals surface area (Å²) in [5.41, 5.74) is 0.720. The van der Waals surface area contributed by atoms with Gasteiger partial charge in [-0.3, -0.25) is 0 Å². The quantitative estimate of drug-likeness (QED) is 0.606. The molecule has 0 aromatic carbocycles. The van der Waals surface area contributed by atoms with E-state index in [2.05, 4.69) is 17.6 Å². The highest BCUT2D eigenvalue weighted by atomic mass is 15.0. The van der Waals surface area contributed by atoms with Crippen molar-refractivity contribution < 1.29 is 0 Å². The van der Waals surface area contributed by atoms with Gasteiger partial charge in [0.15, 0.2) is 0 Å². The monoisotopic (exact) mass is 182 g/mol. The first-order valence-corrected chi connectivity index (χ1v) is 5.76. The van der Waals surface area contributed by atoms with Crippen LogP contribution < -0.4 is 10.6 Å². The third-order valence-corrected chi connectivity index (χ3v) is 3.80. The van der Waals surface area contributed by atoms with Crippen LogP contribution in [0.2, 0.25) is 0 Å². The first-order valence-electron chi connectivity index (χ1n) is 5.76. The van der Waals surface area contributed by atoms with Crippen LogP contribution in [-0.2, 0) is 0 Å².